The maximum absolute atomic E-state index is 12.0. The van der Waals surface area contributed by atoms with E-state index in [4.69, 9.17) is 4.74 Å². The second-order valence-corrected chi connectivity index (χ2v) is 5.04. The van der Waals surface area contributed by atoms with Crippen LogP contribution < -0.4 is 0 Å². The predicted octanol–water partition coefficient (Wildman–Crippen LogP) is 1.63. The molecule has 0 fully saturated rings. The molecule has 0 saturated heterocycles. The number of nitrogens with zero attached hydrogens (tertiary/aromatic N) is 6. The lowest BCUT2D eigenvalue weighted by molar-refractivity contribution is -0.384. The average molecular weight is 340 g/mol. The van der Waals surface area contributed by atoms with Crippen molar-refractivity contribution in [2.75, 3.05) is 0 Å². The van der Waals surface area contributed by atoms with Crippen LogP contribution in [0.15, 0.2) is 42.9 Å². The van der Waals surface area contributed by atoms with Crippen molar-refractivity contribution in [3.8, 4) is 5.69 Å². The minimum Gasteiger partial charge on any atom is -0.456 e. The number of aromatic nitrogens is 5. The third-order valence-corrected chi connectivity index (χ3v) is 3.21. The number of nitro benzene ring substituents is 1. The van der Waals surface area contributed by atoms with E-state index in [2.05, 4.69) is 20.3 Å². The standard InChI is InChI=1S/C15H12N6O4/c1-10-16-6-11(7-17-10)9-25-15(22)14-8-20(19-18-14)12-3-2-4-13(5-12)21(23)24/h2-8H,9H2,1H3. The van der Waals surface area contributed by atoms with Gasteiger partial charge in [-0.05, 0) is 13.0 Å². The zero-order valence-corrected chi connectivity index (χ0v) is 13.1. The summed E-state index contributed by atoms with van der Waals surface area (Å²) in [7, 11) is 0. The van der Waals surface area contributed by atoms with E-state index in [9.17, 15) is 14.9 Å². The SMILES string of the molecule is Cc1ncc(COC(=O)c2cn(-c3cccc([N+](=O)[O-])c3)nn2)cn1. The van der Waals surface area contributed by atoms with Crippen molar-refractivity contribution >= 4 is 11.7 Å². The number of carbonyl (C=O) groups excluding carboxylic acids is 1. The van der Waals surface area contributed by atoms with E-state index in [0.717, 1.165) is 0 Å². The van der Waals surface area contributed by atoms with Crippen LogP contribution in [0.1, 0.15) is 21.9 Å². The molecule has 3 rings (SSSR count). The average Bonchev–Trinajstić information content (AvgIpc) is 3.11. The summed E-state index contributed by atoms with van der Waals surface area (Å²) < 4.78 is 6.38. The molecule has 0 aliphatic heterocycles. The van der Waals surface area contributed by atoms with Crippen LogP contribution in [0.3, 0.4) is 0 Å². The van der Waals surface area contributed by atoms with Gasteiger partial charge in [0.15, 0.2) is 5.69 Å². The topological polar surface area (TPSA) is 126 Å². The monoisotopic (exact) mass is 340 g/mol. The number of carbonyl (C=O) groups is 1. The minimum absolute atomic E-state index is 0.00276. The van der Waals surface area contributed by atoms with Gasteiger partial charge < -0.3 is 4.74 Å². The van der Waals surface area contributed by atoms with Crippen molar-refractivity contribution in [1.29, 1.82) is 0 Å². The smallest absolute Gasteiger partial charge is 0.360 e. The van der Waals surface area contributed by atoms with E-state index in [1.165, 1.54) is 29.1 Å². The third kappa shape index (κ3) is 3.80. The number of hydrogen-bond donors (Lipinski definition) is 0. The Hall–Kier alpha value is -3.69. The largest absolute Gasteiger partial charge is 0.456 e. The first kappa shape index (κ1) is 16.2. The molecule has 0 unspecified atom stereocenters. The number of aryl methyl sites for hydroxylation is 1. The molecule has 0 aliphatic carbocycles. The number of non-ortho nitro benzene ring substituents is 1. The fourth-order valence-corrected chi connectivity index (χ4v) is 1.95. The van der Waals surface area contributed by atoms with Gasteiger partial charge in [0.2, 0.25) is 0 Å². The summed E-state index contributed by atoms with van der Waals surface area (Å²) in [5.74, 6) is -0.0489. The second kappa shape index (κ2) is 6.83. The molecular weight excluding hydrogens is 328 g/mol. The minimum atomic E-state index is -0.669. The molecular formula is C15H12N6O4. The van der Waals surface area contributed by atoms with Crippen molar-refractivity contribution in [3.63, 3.8) is 0 Å². The molecule has 0 atom stereocenters. The molecule has 1 aromatic carbocycles. The normalized spacial score (nSPS) is 10.4. The molecule has 2 aromatic heterocycles. The van der Waals surface area contributed by atoms with Crippen LogP contribution in [-0.2, 0) is 11.3 Å². The van der Waals surface area contributed by atoms with Gasteiger partial charge in [0.25, 0.3) is 5.69 Å². The first-order valence-electron chi connectivity index (χ1n) is 7.15. The predicted molar refractivity (Wildman–Crippen MR) is 83.9 cm³/mol. The number of ether oxygens (including phenoxy) is 1. The van der Waals surface area contributed by atoms with E-state index < -0.39 is 10.9 Å². The summed E-state index contributed by atoms with van der Waals surface area (Å²) in [5.41, 5.74) is 0.953. The van der Waals surface area contributed by atoms with Gasteiger partial charge in [-0.3, -0.25) is 10.1 Å². The Labute approximate surface area is 141 Å². The number of rotatable bonds is 5. The molecule has 10 nitrogen and oxygen atoms in total. The summed E-state index contributed by atoms with van der Waals surface area (Å²) >= 11 is 0. The molecule has 10 heteroatoms. The summed E-state index contributed by atoms with van der Waals surface area (Å²) in [6, 6.07) is 5.82. The molecule has 0 spiro atoms. The molecule has 3 aromatic rings. The van der Waals surface area contributed by atoms with Gasteiger partial charge in [-0.25, -0.2) is 19.4 Å². The van der Waals surface area contributed by atoms with Crippen molar-refractivity contribution < 1.29 is 14.5 Å². The first-order valence-corrected chi connectivity index (χ1v) is 7.15. The molecule has 0 N–H and O–H groups in total. The maximum Gasteiger partial charge on any atom is 0.360 e. The summed E-state index contributed by atoms with van der Waals surface area (Å²) in [4.78, 5) is 30.3. The maximum atomic E-state index is 12.0. The molecule has 25 heavy (non-hydrogen) atoms. The van der Waals surface area contributed by atoms with Gasteiger partial charge in [0.05, 0.1) is 16.8 Å². The van der Waals surface area contributed by atoms with E-state index in [1.807, 2.05) is 0 Å². The van der Waals surface area contributed by atoms with Crippen LogP contribution in [0.2, 0.25) is 0 Å². The molecule has 0 amide bonds. The zero-order chi connectivity index (χ0) is 17.8. The number of hydrogen-bond acceptors (Lipinski definition) is 8. The Morgan fingerprint density at radius 3 is 2.80 bits per heavy atom. The van der Waals surface area contributed by atoms with Gasteiger partial charge in [0, 0.05) is 30.1 Å². The van der Waals surface area contributed by atoms with Gasteiger partial charge >= 0.3 is 5.97 Å². The number of esters is 1. The number of nitro groups is 1. The van der Waals surface area contributed by atoms with E-state index in [-0.39, 0.29) is 18.0 Å². The van der Waals surface area contributed by atoms with Crippen molar-refractivity contribution in [2.24, 2.45) is 0 Å². The Bertz CT molecular complexity index is 922. The Morgan fingerprint density at radius 2 is 2.08 bits per heavy atom. The lowest BCUT2D eigenvalue weighted by Gasteiger charge is -2.02. The molecule has 0 radical (unpaired) electrons. The molecule has 0 bridgehead atoms. The number of benzene rings is 1. The Balaban J connectivity index is 1.70. The van der Waals surface area contributed by atoms with E-state index >= 15 is 0 Å². The van der Waals surface area contributed by atoms with Gasteiger partial charge in [-0.2, -0.15) is 0 Å². The van der Waals surface area contributed by atoms with Crippen molar-refractivity contribution in [1.82, 2.24) is 25.0 Å². The lowest BCUT2D eigenvalue weighted by Crippen LogP contribution is -2.06. The van der Waals surface area contributed by atoms with Crippen LogP contribution in [-0.4, -0.2) is 35.9 Å². The van der Waals surface area contributed by atoms with Crippen LogP contribution >= 0.6 is 0 Å². The van der Waals surface area contributed by atoms with E-state index in [1.54, 1.807) is 25.4 Å². The quantitative estimate of drug-likeness (QED) is 0.390. The van der Waals surface area contributed by atoms with Gasteiger partial charge in [-0.1, -0.05) is 11.3 Å². The van der Waals surface area contributed by atoms with Crippen LogP contribution in [0.5, 0.6) is 0 Å². The second-order valence-electron chi connectivity index (χ2n) is 5.04. The lowest BCUT2D eigenvalue weighted by atomic mass is 10.3. The van der Waals surface area contributed by atoms with Gasteiger partial charge in [-0.15, -0.1) is 5.10 Å². The summed E-state index contributed by atoms with van der Waals surface area (Å²) in [6.07, 6.45) is 4.47. The van der Waals surface area contributed by atoms with Gasteiger partial charge in [0.1, 0.15) is 12.4 Å². The van der Waals surface area contributed by atoms with Crippen LogP contribution in [0.4, 0.5) is 5.69 Å². The Kier molecular flexibility index (Phi) is 4.42. The van der Waals surface area contributed by atoms with Crippen LogP contribution in [0, 0.1) is 17.0 Å². The highest BCUT2D eigenvalue weighted by Gasteiger charge is 2.15. The third-order valence-electron chi connectivity index (χ3n) is 3.21. The fraction of sp³-hybridized carbons (Fsp3) is 0.133. The molecule has 0 saturated carbocycles. The van der Waals surface area contributed by atoms with Crippen molar-refractivity contribution in [2.45, 2.75) is 13.5 Å². The van der Waals surface area contributed by atoms with Crippen molar-refractivity contribution in [3.05, 3.63) is 70.1 Å². The van der Waals surface area contributed by atoms with Crippen LogP contribution in [0.25, 0.3) is 5.69 Å². The summed E-state index contributed by atoms with van der Waals surface area (Å²) in [6.45, 7) is 1.75. The Morgan fingerprint density at radius 1 is 1.32 bits per heavy atom. The molecule has 0 aliphatic rings. The molecule has 126 valence electrons. The first-order chi connectivity index (χ1) is 12.0. The van der Waals surface area contributed by atoms with E-state index in [0.29, 0.717) is 17.1 Å². The summed E-state index contributed by atoms with van der Waals surface area (Å²) in [5, 5.41) is 18.3. The highest BCUT2D eigenvalue weighted by atomic mass is 16.6. The highest BCUT2D eigenvalue weighted by molar-refractivity contribution is 5.86. The zero-order valence-electron chi connectivity index (χ0n) is 13.1. The molecule has 2 heterocycles. The fourth-order valence-electron chi connectivity index (χ4n) is 1.95. The highest BCUT2D eigenvalue weighted by Crippen LogP contribution is 2.16.